The molecular weight excluding hydrogens is 420 g/mol. The van der Waals surface area contributed by atoms with E-state index in [1.54, 1.807) is 5.38 Å². The Morgan fingerprint density at radius 3 is 2.28 bits per heavy atom. The third-order valence-electron chi connectivity index (χ3n) is 3.80. The normalized spacial score (nSPS) is 13.3. The van der Waals surface area contributed by atoms with Gasteiger partial charge in [-0.3, -0.25) is 0 Å². The maximum atomic E-state index is 12.7. The second-order valence-electron chi connectivity index (χ2n) is 5.97. The Balaban J connectivity index is 1.66. The van der Waals surface area contributed by atoms with Crippen molar-refractivity contribution in [3.63, 3.8) is 0 Å². The smallest absolute Gasteiger partial charge is 0.322 e. The third-order valence-corrected chi connectivity index (χ3v) is 4.58. The van der Waals surface area contributed by atoms with Gasteiger partial charge in [0.1, 0.15) is 5.69 Å². The standard InChI is InChI=1S/C17H13F6N5S/c18-16(19,20)10-3-1-9(2-4-10)7-11(24)12-8-29-15(26-12)28-14-25-6-5-13(27-14)17(21,22)23/h1-6,8,11H,7,24H2,(H,25,26,27,28). The molecule has 0 spiro atoms. The first-order valence-corrected chi connectivity index (χ1v) is 8.95. The molecule has 3 rings (SSSR count). The molecule has 154 valence electrons. The minimum atomic E-state index is -4.60. The zero-order valence-corrected chi connectivity index (χ0v) is 15.2. The van der Waals surface area contributed by atoms with Crippen molar-refractivity contribution < 1.29 is 26.3 Å². The number of hydrogen-bond donors (Lipinski definition) is 2. The Morgan fingerprint density at radius 1 is 0.966 bits per heavy atom. The fourth-order valence-electron chi connectivity index (χ4n) is 2.37. The fraction of sp³-hybridized carbons (Fsp3) is 0.235. The summed E-state index contributed by atoms with van der Waals surface area (Å²) in [5.74, 6) is -0.267. The van der Waals surface area contributed by atoms with Gasteiger partial charge in [-0.2, -0.15) is 26.3 Å². The van der Waals surface area contributed by atoms with Crippen LogP contribution in [0, 0.1) is 0 Å². The first kappa shape index (κ1) is 21.0. The molecule has 1 aromatic carbocycles. The predicted octanol–water partition coefficient (Wildman–Crippen LogP) is 4.96. The molecule has 2 heterocycles. The van der Waals surface area contributed by atoms with Gasteiger partial charge in [-0.05, 0) is 30.2 Å². The number of nitrogens with zero attached hydrogens (tertiary/aromatic N) is 3. The molecule has 0 radical (unpaired) electrons. The summed E-state index contributed by atoms with van der Waals surface area (Å²) >= 11 is 1.09. The monoisotopic (exact) mass is 433 g/mol. The molecule has 1 unspecified atom stereocenters. The number of aromatic nitrogens is 3. The molecule has 3 aromatic rings. The number of rotatable bonds is 5. The zero-order valence-electron chi connectivity index (χ0n) is 14.4. The van der Waals surface area contributed by atoms with Crippen molar-refractivity contribution in [1.82, 2.24) is 15.0 Å². The molecule has 12 heteroatoms. The SMILES string of the molecule is NC(Cc1ccc(C(F)(F)F)cc1)c1csc(Nc2nccc(C(F)(F)F)n2)n1. The molecule has 29 heavy (non-hydrogen) atoms. The lowest BCUT2D eigenvalue weighted by Crippen LogP contribution is -2.14. The molecule has 0 saturated heterocycles. The Kier molecular flexibility index (Phi) is 5.75. The van der Waals surface area contributed by atoms with Crippen molar-refractivity contribution in [3.05, 3.63) is 64.4 Å². The van der Waals surface area contributed by atoms with Crippen molar-refractivity contribution in [1.29, 1.82) is 0 Å². The molecule has 0 aliphatic rings. The van der Waals surface area contributed by atoms with Gasteiger partial charge in [-0.25, -0.2) is 15.0 Å². The van der Waals surface area contributed by atoms with Crippen LogP contribution in [-0.2, 0) is 18.8 Å². The number of nitrogens with one attached hydrogen (secondary N) is 1. The van der Waals surface area contributed by atoms with E-state index in [9.17, 15) is 26.3 Å². The van der Waals surface area contributed by atoms with Crippen molar-refractivity contribution in [2.24, 2.45) is 5.73 Å². The van der Waals surface area contributed by atoms with Crippen LogP contribution >= 0.6 is 11.3 Å². The van der Waals surface area contributed by atoms with Gasteiger partial charge in [0, 0.05) is 11.6 Å². The van der Waals surface area contributed by atoms with Crippen molar-refractivity contribution in [3.8, 4) is 0 Å². The molecule has 0 fully saturated rings. The summed E-state index contributed by atoms with van der Waals surface area (Å²) in [7, 11) is 0. The number of alkyl halides is 6. The van der Waals surface area contributed by atoms with Crippen LogP contribution in [0.2, 0.25) is 0 Å². The molecule has 2 aromatic heterocycles. The minimum absolute atomic E-state index is 0.237. The van der Waals surface area contributed by atoms with Crippen molar-refractivity contribution in [2.45, 2.75) is 24.8 Å². The maximum Gasteiger partial charge on any atom is 0.433 e. The van der Waals surface area contributed by atoms with Crippen LogP contribution in [0.4, 0.5) is 37.4 Å². The summed E-state index contributed by atoms with van der Waals surface area (Å²) in [6.07, 6.45) is -7.80. The third kappa shape index (κ3) is 5.41. The summed E-state index contributed by atoms with van der Waals surface area (Å²) < 4.78 is 75.9. The van der Waals surface area contributed by atoms with Crippen LogP contribution in [0.5, 0.6) is 0 Å². The molecule has 0 aliphatic carbocycles. The average Bonchev–Trinajstić information content (AvgIpc) is 3.09. The van der Waals surface area contributed by atoms with E-state index in [-0.39, 0.29) is 17.5 Å². The first-order valence-electron chi connectivity index (χ1n) is 8.07. The van der Waals surface area contributed by atoms with E-state index in [4.69, 9.17) is 5.73 Å². The second kappa shape index (κ2) is 7.95. The van der Waals surface area contributed by atoms with E-state index >= 15 is 0 Å². The fourth-order valence-corrected chi connectivity index (χ4v) is 3.14. The van der Waals surface area contributed by atoms with Gasteiger partial charge >= 0.3 is 12.4 Å². The van der Waals surface area contributed by atoms with Crippen LogP contribution in [0.3, 0.4) is 0 Å². The van der Waals surface area contributed by atoms with Gasteiger partial charge in [0.25, 0.3) is 0 Å². The van der Waals surface area contributed by atoms with Crippen LogP contribution in [0.15, 0.2) is 41.9 Å². The Bertz CT molecular complexity index is 967. The number of anilines is 2. The summed E-state index contributed by atoms with van der Waals surface area (Å²) in [6.45, 7) is 0. The highest BCUT2D eigenvalue weighted by molar-refractivity contribution is 7.13. The van der Waals surface area contributed by atoms with Gasteiger partial charge in [-0.1, -0.05) is 12.1 Å². The van der Waals surface area contributed by atoms with Crippen LogP contribution < -0.4 is 11.1 Å². The summed E-state index contributed by atoms with van der Waals surface area (Å²) in [5, 5.41) is 4.42. The summed E-state index contributed by atoms with van der Waals surface area (Å²) in [5.41, 5.74) is 5.23. The molecule has 0 amide bonds. The molecule has 1 atom stereocenters. The molecule has 0 bridgehead atoms. The number of hydrogen-bond acceptors (Lipinski definition) is 6. The summed E-state index contributed by atoms with van der Waals surface area (Å²) in [6, 6.07) is 4.76. The molecular formula is C17H13F6N5S. The van der Waals surface area contributed by atoms with E-state index < -0.39 is 29.7 Å². The highest BCUT2D eigenvalue weighted by Crippen LogP contribution is 2.31. The number of thiazole rings is 1. The molecule has 5 nitrogen and oxygen atoms in total. The van der Waals surface area contributed by atoms with Gasteiger partial charge in [0.15, 0.2) is 5.13 Å². The topological polar surface area (TPSA) is 76.7 Å². The average molecular weight is 433 g/mol. The number of nitrogens with two attached hydrogens (primary N) is 1. The largest absolute Gasteiger partial charge is 0.433 e. The van der Waals surface area contributed by atoms with E-state index in [1.807, 2.05) is 0 Å². The van der Waals surface area contributed by atoms with Gasteiger partial charge in [0.2, 0.25) is 5.95 Å². The number of halogens is 6. The van der Waals surface area contributed by atoms with Gasteiger partial charge in [-0.15, -0.1) is 11.3 Å². The van der Waals surface area contributed by atoms with Crippen molar-refractivity contribution in [2.75, 3.05) is 5.32 Å². The maximum absolute atomic E-state index is 12.7. The Morgan fingerprint density at radius 2 is 1.66 bits per heavy atom. The second-order valence-corrected chi connectivity index (χ2v) is 6.83. The van der Waals surface area contributed by atoms with E-state index in [2.05, 4.69) is 20.3 Å². The molecule has 0 saturated carbocycles. The first-order chi connectivity index (χ1) is 13.5. The van der Waals surface area contributed by atoms with E-state index in [0.29, 0.717) is 11.3 Å². The lowest BCUT2D eigenvalue weighted by molar-refractivity contribution is -0.141. The Labute approximate surface area is 164 Å². The van der Waals surface area contributed by atoms with Crippen LogP contribution in [0.25, 0.3) is 0 Å². The lowest BCUT2D eigenvalue weighted by atomic mass is 10.0. The number of benzene rings is 1. The summed E-state index contributed by atoms with van der Waals surface area (Å²) in [4.78, 5) is 11.3. The molecule has 3 N–H and O–H groups in total. The molecule has 0 aliphatic heterocycles. The lowest BCUT2D eigenvalue weighted by Gasteiger charge is -2.11. The van der Waals surface area contributed by atoms with E-state index in [1.165, 1.54) is 12.1 Å². The highest BCUT2D eigenvalue weighted by atomic mass is 32.1. The van der Waals surface area contributed by atoms with Crippen LogP contribution in [0.1, 0.15) is 28.6 Å². The predicted molar refractivity (Wildman–Crippen MR) is 94.5 cm³/mol. The van der Waals surface area contributed by atoms with E-state index in [0.717, 1.165) is 35.7 Å². The van der Waals surface area contributed by atoms with Crippen LogP contribution in [-0.4, -0.2) is 15.0 Å². The highest BCUT2D eigenvalue weighted by Gasteiger charge is 2.33. The van der Waals surface area contributed by atoms with Crippen molar-refractivity contribution >= 4 is 22.4 Å². The van der Waals surface area contributed by atoms with Gasteiger partial charge in [0.05, 0.1) is 17.3 Å². The Hall–Kier alpha value is -2.73. The zero-order chi connectivity index (χ0) is 21.2. The minimum Gasteiger partial charge on any atom is -0.322 e. The quantitative estimate of drug-likeness (QED) is 0.557. The van der Waals surface area contributed by atoms with Gasteiger partial charge < -0.3 is 11.1 Å².